The molecule has 0 saturated carbocycles. The summed E-state index contributed by atoms with van der Waals surface area (Å²) < 4.78 is 45.9. The van der Waals surface area contributed by atoms with Crippen LogP contribution in [0.5, 0.6) is 5.75 Å². The fourth-order valence-electron chi connectivity index (χ4n) is 3.38. The number of rotatable bonds is 2. The Labute approximate surface area is 152 Å². The molecule has 2 unspecified atom stereocenters. The van der Waals surface area contributed by atoms with Gasteiger partial charge in [-0.25, -0.2) is 13.6 Å². The highest BCUT2D eigenvalue weighted by Gasteiger charge is 2.61. The van der Waals surface area contributed by atoms with Crippen LogP contribution in [0.15, 0.2) is 47.1 Å². The minimum Gasteiger partial charge on any atom is -0.479 e. The van der Waals surface area contributed by atoms with Crippen LogP contribution in [-0.2, 0) is 9.53 Å². The highest BCUT2D eigenvalue weighted by atomic mass is 19.1. The zero-order chi connectivity index (χ0) is 19.3. The number of Topliss-reactive ketones (excluding diaryl/α,β-unsaturated/α-hetero) is 1. The zero-order valence-corrected chi connectivity index (χ0v) is 14.4. The molecule has 1 aromatic heterocycles. The molecule has 7 heteroatoms. The topological polar surface area (TPSA) is 65.7 Å². The predicted molar refractivity (Wildman–Crippen MR) is 90.9 cm³/mol. The maximum atomic E-state index is 15.9. The van der Waals surface area contributed by atoms with Crippen molar-refractivity contribution in [3.63, 3.8) is 0 Å². The smallest absolute Gasteiger partial charge is 0.356 e. The molecular formula is C20H14F2O5. The molecule has 2 atom stereocenters. The molecule has 2 aromatic carbocycles. The van der Waals surface area contributed by atoms with Crippen molar-refractivity contribution in [1.29, 1.82) is 0 Å². The molecule has 2 heterocycles. The number of esters is 1. The Morgan fingerprint density at radius 2 is 1.96 bits per heavy atom. The van der Waals surface area contributed by atoms with E-state index < -0.39 is 29.3 Å². The third-order valence-corrected chi connectivity index (χ3v) is 4.72. The van der Waals surface area contributed by atoms with Crippen LogP contribution >= 0.6 is 0 Å². The molecular weight excluding hydrogens is 358 g/mol. The number of hydrogen-bond donors (Lipinski definition) is 0. The Hall–Kier alpha value is -3.22. The van der Waals surface area contributed by atoms with Crippen molar-refractivity contribution in [3.05, 3.63) is 65.2 Å². The zero-order valence-electron chi connectivity index (χ0n) is 14.4. The Morgan fingerprint density at radius 3 is 2.67 bits per heavy atom. The number of hydrogen-bond acceptors (Lipinski definition) is 5. The van der Waals surface area contributed by atoms with Crippen molar-refractivity contribution in [2.45, 2.75) is 18.7 Å². The second kappa shape index (κ2) is 5.90. The standard InChI is InChI=1S/C20H14F2O5/c1-10-9-26-14-8-7-12-16(15(10)14)27-18(11-5-3-4-6-13(11)21)20(22,17(12)23)19(24)25-2/h3-9,18H,1-2H3. The Balaban J connectivity index is 2.02. The molecule has 0 saturated heterocycles. The number of carbonyl (C=O) groups is 2. The number of fused-ring (bicyclic) bond motifs is 3. The normalized spacial score (nSPS) is 21.6. The lowest BCUT2D eigenvalue weighted by Crippen LogP contribution is -2.53. The number of halogens is 2. The van der Waals surface area contributed by atoms with Gasteiger partial charge >= 0.3 is 11.6 Å². The van der Waals surface area contributed by atoms with Crippen molar-refractivity contribution >= 4 is 22.7 Å². The fraction of sp³-hybridized carbons (Fsp3) is 0.200. The Kier molecular flexibility index (Phi) is 3.76. The first-order valence-electron chi connectivity index (χ1n) is 8.13. The molecule has 138 valence electrons. The monoisotopic (exact) mass is 372 g/mol. The third-order valence-electron chi connectivity index (χ3n) is 4.72. The average Bonchev–Trinajstić information content (AvgIpc) is 3.05. The van der Waals surface area contributed by atoms with E-state index in [2.05, 4.69) is 4.74 Å². The molecule has 0 N–H and O–H groups in total. The number of ether oxygens (including phenoxy) is 2. The second-order valence-corrected chi connectivity index (χ2v) is 6.29. The van der Waals surface area contributed by atoms with E-state index in [0.29, 0.717) is 16.5 Å². The van der Waals surface area contributed by atoms with Gasteiger partial charge in [0.15, 0.2) is 6.10 Å². The lowest BCUT2D eigenvalue weighted by Gasteiger charge is -2.35. The molecule has 0 spiro atoms. The minimum atomic E-state index is -3.23. The van der Waals surface area contributed by atoms with E-state index in [1.165, 1.54) is 36.6 Å². The SMILES string of the molecule is COC(=O)C1(F)C(=O)c2ccc3occ(C)c3c2OC1c1ccccc1F. The number of aryl methyl sites for hydroxylation is 1. The van der Waals surface area contributed by atoms with Gasteiger partial charge in [0.1, 0.15) is 17.1 Å². The first kappa shape index (κ1) is 17.2. The first-order chi connectivity index (χ1) is 12.9. The lowest BCUT2D eigenvalue weighted by molar-refractivity contribution is -0.158. The summed E-state index contributed by atoms with van der Waals surface area (Å²) in [6, 6.07) is 8.04. The lowest BCUT2D eigenvalue weighted by atomic mass is 9.82. The van der Waals surface area contributed by atoms with Crippen LogP contribution in [0.3, 0.4) is 0 Å². The summed E-state index contributed by atoms with van der Waals surface area (Å²) in [5.41, 5.74) is -2.54. The second-order valence-electron chi connectivity index (χ2n) is 6.29. The summed E-state index contributed by atoms with van der Waals surface area (Å²) in [7, 11) is 0.953. The predicted octanol–water partition coefficient (Wildman–Crippen LogP) is 4.08. The summed E-state index contributed by atoms with van der Waals surface area (Å²) in [4.78, 5) is 25.2. The molecule has 5 nitrogen and oxygen atoms in total. The van der Waals surface area contributed by atoms with Crippen molar-refractivity contribution in [2.75, 3.05) is 7.11 Å². The third kappa shape index (κ3) is 2.27. The van der Waals surface area contributed by atoms with Crippen molar-refractivity contribution in [1.82, 2.24) is 0 Å². The van der Waals surface area contributed by atoms with Crippen LogP contribution in [0.1, 0.15) is 27.6 Å². The van der Waals surface area contributed by atoms with Crippen LogP contribution in [0.25, 0.3) is 11.0 Å². The van der Waals surface area contributed by atoms with Crippen LogP contribution in [-0.4, -0.2) is 24.5 Å². The van der Waals surface area contributed by atoms with Gasteiger partial charge in [0.05, 0.1) is 24.3 Å². The van der Waals surface area contributed by atoms with Gasteiger partial charge in [0, 0.05) is 5.56 Å². The Bertz CT molecular complexity index is 1090. The number of alkyl halides is 1. The van der Waals surface area contributed by atoms with E-state index in [9.17, 15) is 14.0 Å². The van der Waals surface area contributed by atoms with Gasteiger partial charge in [0.25, 0.3) is 0 Å². The van der Waals surface area contributed by atoms with E-state index in [1.807, 2.05) is 0 Å². The molecule has 4 rings (SSSR count). The summed E-state index contributed by atoms with van der Waals surface area (Å²) in [6.45, 7) is 1.73. The highest BCUT2D eigenvalue weighted by molar-refractivity contribution is 6.20. The molecule has 0 bridgehead atoms. The molecule has 0 fully saturated rings. The van der Waals surface area contributed by atoms with E-state index in [1.54, 1.807) is 6.92 Å². The number of methoxy groups -OCH3 is 1. The van der Waals surface area contributed by atoms with E-state index in [-0.39, 0.29) is 16.9 Å². The molecule has 0 aliphatic carbocycles. The summed E-state index contributed by atoms with van der Waals surface area (Å²) >= 11 is 0. The van der Waals surface area contributed by atoms with E-state index >= 15 is 4.39 Å². The quantitative estimate of drug-likeness (QED) is 0.501. The van der Waals surface area contributed by atoms with Crippen molar-refractivity contribution in [3.8, 4) is 5.75 Å². The summed E-state index contributed by atoms with van der Waals surface area (Å²) in [5, 5.41) is 0.467. The number of benzene rings is 2. The van der Waals surface area contributed by atoms with Crippen LogP contribution in [0, 0.1) is 12.7 Å². The number of ketones is 1. The summed E-state index contributed by atoms with van der Waals surface area (Å²) in [6.07, 6.45) is -0.375. The summed E-state index contributed by atoms with van der Waals surface area (Å²) in [5.74, 6) is -3.35. The van der Waals surface area contributed by atoms with Gasteiger partial charge in [-0.1, -0.05) is 18.2 Å². The van der Waals surface area contributed by atoms with Gasteiger partial charge in [0.2, 0.25) is 5.78 Å². The molecule has 1 aliphatic rings. The molecule has 27 heavy (non-hydrogen) atoms. The van der Waals surface area contributed by atoms with Gasteiger partial charge in [-0.2, -0.15) is 0 Å². The molecule has 0 amide bonds. The Morgan fingerprint density at radius 1 is 1.22 bits per heavy atom. The van der Waals surface area contributed by atoms with Crippen LogP contribution in [0.2, 0.25) is 0 Å². The number of carbonyl (C=O) groups excluding carboxylic acids is 2. The first-order valence-corrected chi connectivity index (χ1v) is 8.13. The van der Waals surface area contributed by atoms with Gasteiger partial charge in [-0.3, -0.25) is 4.79 Å². The largest absolute Gasteiger partial charge is 0.479 e. The molecule has 1 aliphatic heterocycles. The van der Waals surface area contributed by atoms with Crippen molar-refractivity contribution in [2.24, 2.45) is 0 Å². The minimum absolute atomic E-state index is 0.0502. The highest BCUT2D eigenvalue weighted by Crippen LogP contribution is 2.48. The maximum absolute atomic E-state index is 15.9. The van der Waals surface area contributed by atoms with Crippen LogP contribution < -0.4 is 4.74 Å². The fourth-order valence-corrected chi connectivity index (χ4v) is 3.38. The average molecular weight is 372 g/mol. The maximum Gasteiger partial charge on any atom is 0.356 e. The van der Waals surface area contributed by atoms with Crippen molar-refractivity contribution < 1.29 is 32.3 Å². The van der Waals surface area contributed by atoms with E-state index in [4.69, 9.17) is 9.15 Å². The van der Waals surface area contributed by atoms with Gasteiger partial charge in [-0.05, 0) is 30.7 Å². The number of furan rings is 1. The van der Waals surface area contributed by atoms with Crippen LogP contribution in [0.4, 0.5) is 8.78 Å². The van der Waals surface area contributed by atoms with Gasteiger partial charge in [-0.15, -0.1) is 0 Å². The van der Waals surface area contributed by atoms with E-state index in [0.717, 1.165) is 13.2 Å². The molecule has 0 radical (unpaired) electrons. The molecule has 3 aromatic rings. The van der Waals surface area contributed by atoms with Gasteiger partial charge < -0.3 is 13.9 Å².